The SMILES string of the molecule is O=C(O)COCCNc1ccc(I)cc1[N+](=O)[O-]. The van der Waals surface area contributed by atoms with E-state index in [9.17, 15) is 14.9 Å². The van der Waals surface area contributed by atoms with Crippen LogP contribution < -0.4 is 5.32 Å². The Morgan fingerprint density at radius 3 is 2.89 bits per heavy atom. The summed E-state index contributed by atoms with van der Waals surface area (Å²) < 4.78 is 5.58. The Morgan fingerprint density at radius 2 is 2.28 bits per heavy atom. The number of hydrogen-bond donors (Lipinski definition) is 2. The van der Waals surface area contributed by atoms with Crippen molar-refractivity contribution < 1.29 is 19.6 Å². The molecule has 0 amide bonds. The first-order valence-corrected chi connectivity index (χ1v) is 6.06. The van der Waals surface area contributed by atoms with Gasteiger partial charge in [-0.05, 0) is 34.7 Å². The first-order chi connectivity index (χ1) is 8.50. The van der Waals surface area contributed by atoms with Crippen molar-refractivity contribution in [3.63, 3.8) is 0 Å². The lowest BCUT2D eigenvalue weighted by molar-refractivity contribution is -0.384. The molecule has 0 unspecified atom stereocenters. The Balaban J connectivity index is 2.51. The molecule has 1 rings (SSSR count). The van der Waals surface area contributed by atoms with Gasteiger partial charge in [0.25, 0.3) is 5.69 Å². The molecule has 0 aromatic heterocycles. The lowest BCUT2D eigenvalue weighted by Gasteiger charge is -2.07. The molecular weight excluding hydrogens is 355 g/mol. The number of nitrogens with one attached hydrogen (secondary N) is 1. The Labute approximate surface area is 116 Å². The molecule has 0 atom stereocenters. The number of halogens is 1. The van der Waals surface area contributed by atoms with Gasteiger partial charge in [-0.15, -0.1) is 0 Å². The van der Waals surface area contributed by atoms with Gasteiger partial charge in [-0.1, -0.05) is 0 Å². The lowest BCUT2D eigenvalue weighted by atomic mass is 10.2. The number of nitrogens with zero attached hydrogens (tertiary/aromatic N) is 1. The van der Waals surface area contributed by atoms with Gasteiger partial charge < -0.3 is 15.2 Å². The molecule has 0 spiro atoms. The fourth-order valence-corrected chi connectivity index (χ4v) is 1.70. The third-order valence-electron chi connectivity index (χ3n) is 1.94. The number of anilines is 1. The molecule has 8 heteroatoms. The summed E-state index contributed by atoms with van der Waals surface area (Å²) >= 11 is 1.99. The molecule has 98 valence electrons. The van der Waals surface area contributed by atoms with Crippen LogP contribution in [0.3, 0.4) is 0 Å². The molecule has 0 saturated heterocycles. The predicted octanol–water partition coefficient (Wildman–Crippen LogP) is 1.71. The monoisotopic (exact) mass is 366 g/mol. The molecule has 1 aromatic carbocycles. The summed E-state index contributed by atoms with van der Waals surface area (Å²) in [4.78, 5) is 20.5. The summed E-state index contributed by atoms with van der Waals surface area (Å²) in [6, 6.07) is 4.81. The molecular formula is C10H11IN2O5. The van der Waals surface area contributed by atoms with Crippen molar-refractivity contribution in [3.8, 4) is 0 Å². The number of nitro benzene ring substituents is 1. The van der Waals surface area contributed by atoms with Gasteiger partial charge in [0, 0.05) is 16.2 Å². The van der Waals surface area contributed by atoms with Crippen LogP contribution >= 0.6 is 22.6 Å². The number of rotatable bonds is 7. The van der Waals surface area contributed by atoms with Crippen LogP contribution in [0.2, 0.25) is 0 Å². The lowest BCUT2D eigenvalue weighted by Crippen LogP contribution is -2.14. The second-order valence-electron chi connectivity index (χ2n) is 3.29. The van der Waals surface area contributed by atoms with Crippen LogP contribution in [0, 0.1) is 13.7 Å². The summed E-state index contributed by atoms with van der Waals surface area (Å²) in [7, 11) is 0. The molecule has 0 aliphatic heterocycles. The average molecular weight is 366 g/mol. The maximum Gasteiger partial charge on any atom is 0.329 e. The minimum atomic E-state index is -1.05. The van der Waals surface area contributed by atoms with Gasteiger partial charge in [-0.3, -0.25) is 10.1 Å². The number of ether oxygens (including phenoxy) is 1. The summed E-state index contributed by atoms with van der Waals surface area (Å²) in [6.07, 6.45) is 0. The van der Waals surface area contributed by atoms with E-state index < -0.39 is 10.9 Å². The summed E-state index contributed by atoms with van der Waals surface area (Å²) in [5, 5.41) is 22.0. The molecule has 0 fully saturated rings. The third-order valence-corrected chi connectivity index (χ3v) is 2.61. The van der Waals surface area contributed by atoms with Crippen LogP contribution in [0.1, 0.15) is 0 Å². The van der Waals surface area contributed by atoms with E-state index in [2.05, 4.69) is 5.32 Å². The van der Waals surface area contributed by atoms with Gasteiger partial charge in [-0.25, -0.2) is 4.79 Å². The Morgan fingerprint density at radius 1 is 1.56 bits per heavy atom. The zero-order valence-electron chi connectivity index (χ0n) is 9.26. The van der Waals surface area contributed by atoms with Crippen LogP contribution in [0.5, 0.6) is 0 Å². The standard InChI is InChI=1S/C10H11IN2O5/c11-7-1-2-8(9(5-7)13(16)17)12-3-4-18-6-10(14)15/h1-2,5,12H,3-4,6H2,(H,14,15). The van der Waals surface area contributed by atoms with E-state index in [0.29, 0.717) is 12.2 Å². The first kappa shape index (κ1) is 14.6. The predicted molar refractivity (Wildman–Crippen MR) is 72.8 cm³/mol. The van der Waals surface area contributed by atoms with Gasteiger partial charge in [0.05, 0.1) is 11.5 Å². The van der Waals surface area contributed by atoms with Crippen molar-refractivity contribution in [3.05, 3.63) is 31.9 Å². The minimum absolute atomic E-state index is 0.0138. The van der Waals surface area contributed by atoms with Crippen LogP contribution in [-0.2, 0) is 9.53 Å². The minimum Gasteiger partial charge on any atom is -0.480 e. The highest BCUT2D eigenvalue weighted by molar-refractivity contribution is 14.1. The Hall–Kier alpha value is -1.42. The van der Waals surface area contributed by atoms with E-state index in [1.165, 1.54) is 6.07 Å². The molecule has 1 aromatic rings. The Kier molecular flexibility index (Phi) is 5.78. The van der Waals surface area contributed by atoms with Crippen LogP contribution in [0.4, 0.5) is 11.4 Å². The molecule has 0 bridgehead atoms. The highest BCUT2D eigenvalue weighted by atomic mass is 127. The maximum absolute atomic E-state index is 10.8. The topological polar surface area (TPSA) is 102 Å². The number of nitro groups is 1. The van der Waals surface area contributed by atoms with Gasteiger partial charge in [0.15, 0.2) is 0 Å². The molecule has 2 N–H and O–H groups in total. The number of carboxylic acids is 1. The summed E-state index contributed by atoms with van der Waals surface area (Å²) in [5.41, 5.74) is 0.375. The molecule has 0 aliphatic rings. The largest absolute Gasteiger partial charge is 0.480 e. The van der Waals surface area contributed by atoms with E-state index in [0.717, 1.165) is 3.57 Å². The average Bonchev–Trinajstić information content (AvgIpc) is 2.29. The second kappa shape index (κ2) is 7.11. The van der Waals surface area contributed by atoms with Gasteiger partial charge in [-0.2, -0.15) is 0 Å². The highest BCUT2D eigenvalue weighted by Crippen LogP contribution is 2.25. The van der Waals surface area contributed by atoms with E-state index in [4.69, 9.17) is 9.84 Å². The van der Waals surface area contributed by atoms with Crippen molar-refractivity contribution in [2.45, 2.75) is 0 Å². The van der Waals surface area contributed by atoms with Gasteiger partial charge in [0.2, 0.25) is 0 Å². The van der Waals surface area contributed by atoms with E-state index >= 15 is 0 Å². The van der Waals surface area contributed by atoms with Crippen molar-refractivity contribution in [1.82, 2.24) is 0 Å². The Bertz CT molecular complexity index is 452. The zero-order chi connectivity index (χ0) is 13.5. The van der Waals surface area contributed by atoms with Gasteiger partial charge >= 0.3 is 5.97 Å². The van der Waals surface area contributed by atoms with Crippen molar-refractivity contribution in [1.29, 1.82) is 0 Å². The molecule has 0 saturated carbocycles. The first-order valence-electron chi connectivity index (χ1n) is 4.98. The fourth-order valence-electron chi connectivity index (χ4n) is 1.22. The molecule has 18 heavy (non-hydrogen) atoms. The van der Waals surface area contributed by atoms with Crippen molar-refractivity contribution in [2.24, 2.45) is 0 Å². The van der Waals surface area contributed by atoms with E-state index in [1.54, 1.807) is 12.1 Å². The highest BCUT2D eigenvalue weighted by Gasteiger charge is 2.13. The molecule has 0 aliphatic carbocycles. The quantitative estimate of drug-likeness (QED) is 0.330. The van der Waals surface area contributed by atoms with E-state index in [-0.39, 0.29) is 18.9 Å². The van der Waals surface area contributed by atoms with Gasteiger partial charge in [0.1, 0.15) is 12.3 Å². The summed E-state index contributed by atoms with van der Waals surface area (Å²) in [6.45, 7) is 0.0839. The number of carbonyl (C=O) groups is 1. The van der Waals surface area contributed by atoms with Crippen LogP contribution in [0.15, 0.2) is 18.2 Å². The molecule has 7 nitrogen and oxygen atoms in total. The third kappa shape index (κ3) is 4.84. The number of benzene rings is 1. The second-order valence-corrected chi connectivity index (χ2v) is 4.54. The molecule has 0 heterocycles. The molecule has 0 radical (unpaired) electrons. The van der Waals surface area contributed by atoms with Crippen molar-refractivity contribution in [2.75, 3.05) is 25.1 Å². The van der Waals surface area contributed by atoms with Crippen LogP contribution in [0.25, 0.3) is 0 Å². The maximum atomic E-state index is 10.8. The zero-order valence-corrected chi connectivity index (χ0v) is 11.4. The normalized spacial score (nSPS) is 10.1. The van der Waals surface area contributed by atoms with Crippen molar-refractivity contribution >= 4 is 39.9 Å². The smallest absolute Gasteiger partial charge is 0.329 e. The fraction of sp³-hybridized carbons (Fsp3) is 0.300. The van der Waals surface area contributed by atoms with E-state index in [1.807, 2.05) is 22.6 Å². The number of carboxylic acid groups (broad SMARTS) is 1. The number of hydrogen-bond acceptors (Lipinski definition) is 5. The summed E-state index contributed by atoms with van der Waals surface area (Å²) in [5.74, 6) is -1.05. The number of aliphatic carboxylic acids is 1. The van der Waals surface area contributed by atoms with Crippen LogP contribution in [-0.4, -0.2) is 35.8 Å².